The van der Waals surface area contributed by atoms with Crippen LogP contribution in [-0.2, 0) is 0 Å². The Morgan fingerprint density at radius 3 is 2.90 bits per heavy atom. The standard InChI is InChI=1S/C16H23ClFN3/c17-12-4-5-15(18)14(9-12)16(10-19)21-8-2-7-20-6-1-3-13(20)11-21/h4-5,9,13,16H,1-3,6-8,10-11,19H2. The molecule has 1 aromatic rings. The van der Waals surface area contributed by atoms with Gasteiger partial charge in [-0.05, 0) is 50.6 Å². The van der Waals surface area contributed by atoms with Crippen LogP contribution in [0.25, 0.3) is 0 Å². The number of halogens is 2. The van der Waals surface area contributed by atoms with Crippen LogP contribution in [0.3, 0.4) is 0 Å². The van der Waals surface area contributed by atoms with Gasteiger partial charge in [0.25, 0.3) is 0 Å². The van der Waals surface area contributed by atoms with E-state index in [2.05, 4.69) is 9.80 Å². The summed E-state index contributed by atoms with van der Waals surface area (Å²) in [6, 6.07) is 5.29. The number of fused-ring (bicyclic) bond motifs is 1. The lowest BCUT2D eigenvalue weighted by Gasteiger charge is -2.32. The monoisotopic (exact) mass is 311 g/mol. The van der Waals surface area contributed by atoms with E-state index in [-0.39, 0.29) is 11.9 Å². The van der Waals surface area contributed by atoms with Crippen LogP contribution < -0.4 is 5.73 Å². The zero-order valence-corrected chi connectivity index (χ0v) is 13.0. The predicted molar refractivity (Wildman–Crippen MR) is 84.0 cm³/mol. The Morgan fingerprint density at radius 1 is 1.29 bits per heavy atom. The molecule has 0 radical (unpaired) electrons. The van der Waals surface area contributed by atoms with Crippen molar-refractivity contribution in [2.75, 3.05) is 32.7 Å². The van der Waals surface area contributed by atoms with E-state index in [0.29, 0.717) is 23.2 Å². The molecule has 2 N–H and O–H groups in total. The highest BCUT2D eigenvalue weighted by Gasteiger charge is 2.32. The van der Waals surface area contributed by atoms with Crippen molar-refractivity contribution in [2.45, 2.75) is 31.3 Å². The van der Waals surface area contributed by atoms with Crippen LogP contribution in [0.4, 0.5) is 4.39 Å². The lowest BCUT2D eigenvalue weighted by molar-refractivity contribution is 0.173. The molecule has 2 aliphatic heterocycles. The molecule has 2 aliphatic rings. The molecule has 0 aromatic heterocycles. The van der Waals surface area contributed by atoms with Gasteiger partial charge in [0.1, 0.15) is 5.82 Å². The third-order valence-corrected chi connectivity index (χ3v) is 5.05. The molecule has 2 saturated heterocycles. The van der Waals surface area contributed by atoms with Crippen LogP contribution in [0.15, 0.2) is 18.2 Å². The topological polar surface area (TPSA) is 32.5 Å². The first-order chi connectivity index (χ1) is 10.2. The molecule has 2 unspecified atom stereocenters. The Morgan fingerprint density at radius 2 is 2.10 bits per heavy atom. The fourth-order valence-corrected chi connectivity index (χ4v) is 3.94. The molecular formula is C16H23ClFN3. The van der Waals surface area contributed by atoms with Crippen LogP contribution in [0.1, 0.15) is 30.9 Å². The molecule has 1 aromatic carbocycles. The van der Waals surface area contributed by atoms with Gasteiger partial charge >= 0.3 is 0 Å². The van der Waals surface area contributed by atoms with E-state index in [4.69, 9.17) is 17.3 Å². The molecule has 21 heavy (non-hydrogen) atoms. The third-order valence-electron chi connectivity index (χ3n) is 4.82. The van der Waals surface area contributed by atoms with E-state index in [1.54, 1.807) is 12.1 Å². The van der Waals surface area contributed by atoms with Crippen LogP contribution in [0.2, 0.25) is 5.02 Å². The van der Waals surface area contributed by atoms with Crippen LogP contribution >= 0.6 is 11.6 Å². The normalized spacial score (nSPS) is 25.6. The zero-order chi connectivity index (χ0) is 14.8. The highest BCUT2D eigenvalue weighted by molar-refractivity contribution is 6.30. The summed E-state index contributed by atoms with van der Waals surface area (Å²) >= 11 is 6.04. The van der Waals surface area contributed by atoms with Gasteiger partial charge < -0.3 is 5.73 Å². The highest BCUT2D eigenvalue weighted by atomic mass is 35.5. The number of nitrogens with zero attached hydrogens (tertiary/aromatic N) is 2. The SMILES string of the molecule is NCC(c1cc(Cl)ccc1F)N1CCCN2CCCC2C1. The van der Waals surface area contributed by atoms with Crippen molar-refractivity contribution in [1.82, 2.24) is 9.80 Å². The first kappa shape index (κ1) is 15.2. The summed E-state index contributed by atoms with van der Waals surface area (Å²) in [6.45, 7) is 4.73. The Balaban J connectivity index is 1.83. The van der Waals surface area contributed by atoms with Gasteiger partial charge in [-0.15, -0.1) is 0 Å². The molecule has 0 aliphatic carbocycles. The molecule has 3 rings (SSSR count). The summed E-state index contributed by atoms with van der Waals surface area (Å²) < 4.78 is 14.2. The van der Waals surface area contributed by atoms with E-state index in [1.807, 2.05) is 0 Å². The Hall–Kier alpha value is -0.680. The Bertz CT molecular complexity index is 496. The van der Waals surface area contributed by atoms with Crippen molar-refractivity contribution in [3.63, 3.8) is 0 Å². The van der Waals surface area contributed by atoms with Crippen molar-refractivity contribution >= 4 is 11.6 Å². The van der Waals surface area contributed by atoms with Gasteiger partial charge in [-0.25, -0.2) is 4.39 Å². The fourth-order valence-electron chi connectivity index (χ4n) is 3.76. The second-order valence-corrected chi connectivity index (χ2v) is 6.53. The van der Waals surface area contributed by atoms with Crippen molar-refractivity contribution in [3.05, 3.63) is 34.6 Å². The second-order valence-electron chi connectivity index (χ2n) is 6.10. The molecule has 2 fully saturated rings. The Labute approximate surface area is 130 Å². The quantitative estimate of drug-likeness (QED) is 0.931. The van der Waals surface area contributed by atoms with E-state index < -0.39 is 0 Å². The molecule has 0 saturated carbocycles. The lowest BCUT2D eigenvalue weighted by Crippen LogP contribution is -2.41. The average molecular weight is 312 g/mol. The number of hydrogen-bond acceptors (Lipinski definition) is 3. The maximum absolute atomic E-state index is 14.2. The molecule has 5 heteroatoms. The molecule has 0 spiro atoms. The fraction of sp³-hybridized carbons (Fsp3) is 0.625. The van der Waals surface area contributed by atoms with Crippen molar-refractivity contribution in [3.8, 4) is 0 Å². The van der Waals surface area contributed by atoms with E-state index in [1.165, 1.54) is 25.5 Å². The third kappa shape index (κ3) is 3.24. The van der Waals surface area contributed by atoms with E-state index in [0.717, 1.165) is 26.1 Å². The lowest BCUT2D eigenvalue weighted by atomic mass is 10.0. The van der Waals surface area contributed by atoms with Crippen LogP contribution in [0, 0.1) is 5.82 Å². The van der Waals surface area contributed by atoms with Gasteiger partial charge in [0.05, 0.1) is 6.04 Å². The molecule has 0 amide bonds. The number of rotatable bonds is 3. The molecule has 2 heterocycles. The number of hydrogen-bond donors (Lipinski definition) is 1. The smallest absolute Gasteiger partial charge is 0.128 e. The van der Waals surface area contributed by atoms with Gasteiger partial charge in [-0.1, -0.05) is 11.6 Å². The van der Waals surface area contributed by atoms with Gasteiger partial charge in [0.15, 0.2) is 0 Å². The minimum atomic E-state index is -0.206. The van der Waals surface area contributed by atoms with E-state index >= 15 is 0 Å². The molecular weight excluding hydrogens is 289 g/mol. The summed E-state index contributed by atoms with van der Waals surface area (Å²) in [5.74, 6) is -0.206. The number of nitrogens with two attached hydrogens (primary N) is 1. The van der Waals surface area contributed by atoms with Crippen LogP contribution in [-0.4, -0.2) is 48.6 Å². The summed E-state index contributed by atoms with van der Waals surface area (Å²) in [7, 11) is 0. The maximum atomic E-state index is 14.2. The van der Waals surface area contributed by atoms with Crippen LogP contribution in [0.5, 0.6) is 0 Å². The molecule has 3 nitrogen and oxygen atoms in total. The van der Waals surface area contributed by atoms with Gasteiger partial charge in [0, 0.05) is 36.3 Å². The Kier molecular flexibility index (Phi) is 4.79. The number of benzene rings is 1. The summed E-state index contributed by atoms with van der Waals surface area (Å²) in [5.41, 5.74) is 6.61. The summed E-state index contributed by atoms with van der Waals surface area (Å²) in [6.07, 6.45) is 3.64. The second kappa shape index (κ2) is 6.61. The van der Waals surface area contributed by atoms with Gasteiger partial charge in [0.2, 0.25) is 0 Å². The van der Waals surface area contributed by atoms with Crippen molar-refractivity contribution in [1.29, 1.82) is 0 Å². The highest BCUT2D eigenvalue weighted by Crippen LogP contribution is 2.29. The predicted octanol–water partition coefficient (Wildman–Crippen LogP) is 2.65. The van der Waals surface area contributed by atoms with Crippen molar-refractivity contribution in [2.24, 2.45) is 5.73 Å². The first-order valence-electron chi connectivity index (χ1n) is 7.82. The van der Waals surface area contributed by atoms with E-state index in [9.17, 15) is 4.39 Å². The molecule has 2 atom stereocenters. The first-order valence-corrected chi connectivity index (χ1v) is 8.20. The van der Waals surface area contributed by atoms with Gasteiger partial charge in [-0.2, -0.15) is 0 Å². The largest absolute Gasteiger partial charge is 0.329 e. The molecule has 116 valence electrons. The van der Waals surface area contributed by atoms with Crippen molar-refractivity contribution < 1.29 is 4.39 Å². The summed E-state index contributed by atoms with van der Waals surface area (Å²) in [4.78, 5) is 4.92. The minimum Gasteiger partial charge on any atom is -0.329 e. The minimum absolute atomic E-state index is 0.0794. The molecule has 0 bridgehead atoms. The summed E-state index contributed by atoms with van der Waals surface area (Å²) in [5, 5.41) is 0.571. The maximum Gasteiger partial charge on any atom is 0.128 e. The van der Waals surface area contributed by atoms with Gasteiger partial charge in [-0.3, -0.25) is 9.80 Å². The zero-order valence-electron chi connectivity index (χ0n) is 12.3. The average Bonchev–Trinajstić information content (AvgIpc) is 2.81.